The van der Waals surface area contributed by atoms with E-state index in [4.69, 9.17) is 4.74 Å². The zero-order valence-corrected chi connectivity index (χ0v) is 14.2. The number of piperidine rings is 1. The number of para-hydroxylation sites is 1. The highest BCUT2D eigenvalue weighted by molar-refractivity contribution is 5.98. The van der Waals surface area contributed by atoms with Crippen molar-refractivity contribution >= 4 is 11.7 Å². The summed E-state index contributed by atoms with van der Waals surface area (Å²) >= 11 is 0. The van der Waals surface area contributed by atoms with Crippen LogP contribution in [-0.2, 0) is 0 Å². The van der Waals surface area contributed by atoms with E-state index in [1.165, 1.54) is 24.3 Å². The molecule has 6 heteroatoms. The minimum atomic E-state index is -0.707. The van der Waals surface area contributed by atoms with Crippen molar-refractivity contribution in [1.82, 2.24) is 10.2 Å². The average molecular weight is 354 g/mol. The van der Waals surface area contributed by atoms with Crippen LogP contribution in [0.25, 0.3) is 0 Å². The summed E-state index contributed by atoms with van der Waals surface area (Å²) in [6.45, 7) is 1.54. The maximum absolute atomic E-state index is 13.0. The number of ketones is 1. The number of halogens is 1. The fourth-order valence-electron chi connectivity index (χ4n) is 3.48. The number of benzene rings is 2. The summed E-state index contributed by atoms with van der Waals surface area (Å²) in [6, 6.07) is 12.8. The van der Waals surface area contributed by atoms with Gasteiger partial charge in [0.05, 0.1) is 12.1 Å². The minimum absolute atomic E-state index is 0.0418. The van der Waals surface area contributed by atoms with E-state index in [0.717, 1.165) is 0 Å². The standard InChI is InChI=1S/C20H19FN2O3/c21-15-7-5-14(6-8-15)17(24)13-23-11-9-20(10-12-23)22-19(25)16-3-1-2-4-18(16)26-20/h1-8H,9-13H2,(H,22,25). The fraction of sp³-hybridized carbons (Fsp3) is 0.300. The Morgan fingerprint density at radius 1 is 1.12 bits per heavy atom. The Labute approximate surface area is 150 Å². The first-order valence-electron chi connectivity index (χ1n) is 8.66. The molecule has 26 heavy (non-hydrogen) atoms. The van der Waals surface area contributed by atoms with E-state index in [1.54, 1.807) is 12.1 Å². The van der Waals surface area contributed by atoms with E-state index >= 15 is 0 Å². The third-order valence-electron chi connectivity index (χ3n) is 4.98. The second kappa shape index (κ2) is 6.53. The number of hydrogen-bond donors (Lipinski definition) is 1. The molecular weight excluding hydrogens is 335 g/mol. The third-order valence-corrected chi connectivity index (χ3v) is 4.98. The van der Waals surface area contributed by atoms with Crippen LogP contribution in [0.2, 0.25) is 0 Å². The van der Waals surface area contributed by atoms with Crippen LogP contribution in [0.1, 0.15) is 33.6 Å². The summed E-state index contributed by atoms with van der Waals surface area (Å²) in [4.78, 5) is 26.7. The van der Waals surface area contributed by atoms with Crippen LogP contribution in [0, 0.1) is 5.82 Å². The molecule has 2 heterocycles. The number of nitrogens with zero attached hydrogens (tertiary/aromatic N) is 1. The molecule has 1 N–H and O–H groups in total. The van der Waals surface area contributed by atoms with Crippen molar-refractivity contribution in [2.75, 3.05) is 19.6 Å². The van der Waals surface area contributed by atoms with Gasteiger partial charge in [-0.25, -0.2) is 4.39 Å². The SMILES string of the molecule is O=C(CN1CCC2(CC1)NC(=O)c1ccccc1O2)c1ccc(F)cc1. The molecule has 2 aliphatic heterocycles. The van der Waals surface area contributed by atoms with E-state index < -0.39 is 5.72 Å². The number of nitrogens with one attached hydrogen (secondary N) is 1. The molecule has 5 nitrogen and oxygen atoms in total. The van der Waals surface area contributed by atoms with E-state index in [2.05, 4.69) is 5.32 Å². The van der Waals surface area contributed by atoms with Gasteiger partial charge in [0, 0.05) is 31.5 Å². The molecule has 0 aromatic heterocycles. The van der Waals surface area contributed by atoms with Gasteiger partial charge < -0.3 is 10.1 Å². The van der Waals surface area contributed by atoms with Gasteiger partial charge in [0.25, 0.3) is 5.91 Å². The maximum atomic E-state index is 13.0. The normalized spacial score (nSPS) is 18.7. The van der Waals surface area contributed by atoms with Crippen LogP contribution >= 0.6 is 0 Å². The predicted molar refractivity (Wildman–Crippen MR) is 93.7 cm³/mol. The fourth-order valence-corrected chi connectivity index (χ4v) is 3.48. The van der Waals surface area contributed by atoms with E-state index in [1.807, 2.05) is 17.0 Å². The summed E-state index contributed by atoms with van der Waals surface area (Å²) in [5.41, 5.74) is 0.343. The highest BCUT2D eigenvalue weighted by Crippen LogP contribution is 2.33. The molecule has 1 amide bonds. The summed E-state index contributed by atoms with van der Waals surface area (Å²) < 4.78 is 19.1. The van der Waals surface area contributed by atoms with Crippen molar-refractivity contribution in [3.8, 4) is 5.75 Å². The molecule has 4 rings (SSSR count). The Kier molecular flexibility index (Phi) is 4.20. The van der Waals surface area contributed by atoms with E-state index in [0.29, 0.717) is 42.8 Å². The van der Waals surface area contributed by atoms with Gasteiger partial charge in [0.1, 0.15) is 11.6 Å². The molecule has 2 aromatic carbocycles. The van der Waals surface area contributed by atoms with Gasteiger partial charge in [0.15, 0.2) is 11.5 Å². The van der Waals surface area contributed by atoms with Gasteiger partial charge in [-0.15, -0.1) is 0 Å². The van der Waals surface area contributed by atoms with Crippen LogP contribution in [0.5, 0.6) is 5.75 Å². The van der Waals surface area contributed by atoms with Gasteiger partial charge in [-0.2, -0.15) is 0 Å². The molecular formula is C20H19FN2O3. The summed E-state index contributed by atoms with van der Waals surface area (Å²) in [5.74, 6) is 0.0848. The predicted octanol–water partition coefficient (Wildman–Crippen LogP) is 2.62. The monoisotopic (exact) mass is 354 g/mol. The van der Waals surface area contributed by atoms with Crippen LogP contribution in [-0.4, -0.2) is 41.9 Å². The Balaban J connectivity index is 1.39. The molecule has 0 unspecified atom stereocenters. The van der Waals surface area contributed by atoms with Gasteiger partial charge in [-0.05, 0) is 36.4 Å². The largest absolute Gasteiger partial charge is 0.467 e. The zero-order chi connectivity index (χ0) is 18.1. The third kappa shape index (κ3) is 3.20. The second-order valence-electron chi connectivity index (χ2n) is 6.75. The highest BCUT2D eigenvalue weighted by atomic mass is 19.1. The molecule has 0 atom stereocenters. The Hall–Kier alpha value is -2.73. The van der Waals surface area contributed by atoms with Crippen molar-refractivity contribution in [1.29, 1.82) is 0 Å². The van der Waals surface area contributed by atoms with Crippen molar-refractivity contribution in [2.45, 2.75) is 18.6 Å². The zero-order valence-electron chi connectivity index (χ0n) is 14.2. The average Bonchev–Trinajstić information content (AvgIpc) is 2.64. The van der Waals surface area contributed by atoms with Gasteiger partial charge in [-0.3, -0.25) is 14.5 Å². The lowest BCUT2D eigenvalue weighted by Crippen LogP contribution is -2.61. The number of ether oxygens (including phenoxy) is 1. The minimum Gasteiger partial charge on any atom is -0.467 e. The molecule has 2 aromatic rings. The number of carbonyl (C=O) groups excluding carboxylic acids is 2. The lowest BCUT2D eigenvalue weighted by atomic mass is 9.96. The van der Waals surface area contributed by atoms with Crippen molar-refractivity contribution in [2.24, 2.45) is 0 Å². The van der Waals surface area contributed by atoms with Crippen molar-refractivity contribution < 1.29 is 18.7 Å². The molecule has 134 valence electrons. The highest BCUT2D eigenvalue weighted by Gasteiger charge is 2.42. The molecule has 0 bridgehead atoms. The lowest BCUT2D eigenvalue weighted by molar-refractivity contribution is -0.0277. The number of Topliss-reactive ketones (excluding diaryl/α,β-unsaturated/α-hetero) is 1. The molecule has 1 spiro atoms. The van der Waals surface area contributed by atoms with E-state index in [-0.39, 0.29) is 24.1 Å². The van der Waals surface area contributed by atoms with Gasteiger partial charge >= 0.3 is 0 Å². The van der Waals surface area contributed by atoms with E-state index in [9.17, 15) is 14.0 Å². The number of fused-ring (bicyclic) bond motifs is 1. The first-order chi connectivity index (χ1) is 12.5. The number of amides is 1. The summed E-state index contributed by atoms with van der Waals surface area (Å²) in [7, 11) is 0. The number of rotatable bonds is 3. The van der Waals surface area contributed by atoms with Crippen molar-refractivity contribution in [3.05, 3.63) is 65.5 Å². The van der Waals surface area contributed by atoms with Crippen LogP contribution in [0.3, 0.4) is 0 Å². The smallest absolute Gasteiger partial charge is 0.258 e. The molecule has 2 aliphatic rings. The molecule has 0 saturated carbocycles. The topological polar surface area (TPSA) is 58.6 Å². The van der Waals surface area contributed by atoms with Crippen molar-refractivity contribution in [3.63, 3.8) is 0 Å². The summed E-state index contributed by atoms with van der Waals surface area (Å²) in [5, 5.41) is 2.99. The van der Waals surface area contributed by atoms with Crippen LogP contribution in [0.4, 0.5) is 4.39 Å². The lowest BCUT2D eigenvalue weighted by Gasteiger charge is -2.44. The molecule has 1 saturated heterocycles. The Bertz CT molecular complexity index is 842. The molecule has 0 aliphatic carbocycles. The molecule has 0 radical (unpaired) electrons. The molecule has 1 fully saturated rings. The number of likely N-dealkylation sites (tertiary alicyclic amines) is 1. The second-order valence-corrected chi connectivity index (χ2v) is 6.75. The Morgan fingerprint density at radius 3 is 2.54 bits per heavy atom. The summed E-state index contributed by atoms with van der Waals surface area (Å²) in [6.07, 6.45) is 1.20. The maximum Gasteiger partial charge on any atom is 0.258 e. The van der Waals surface area contributed by atoms with Gasteiger partial charge in [-0.1, -0.05) is 12.1 Å². The Morgan fingerprint density at radius 2 is 1.81 bits per heavy atom. The van der Waals surface area contributed by atoms with Gasteiger partial charge in [0.2, 0.25) is 0 Å². The first kappa shape index (κ1) is 16.7. The van der Waals surface area contributed by atoms with Crippen LogP contribution < -0.4 is 10.1 Å². The number of hydrogen-bond acceptors (Lipinski definition) is 4. The quantitative estimate of drug-likeness (QED) is 0.861. The first-order valence-corrected chi connectivity index (χ1v) is 8.66. The van der Waals surface area contributed by atoms with Crippen LogP contribution in [0.15, 0.2) is 48.5 Å². The number of carbonyl (C=O) groups is 2.